The van der Waals surface area contributed by atoms with E-state index in [1.165, 1.54) is 29.6 Å². The summed E-state index contributed by atoms with van der Waals surface area (Å²) in [5, 5.41) is 3.12. The third-order valence-corrected chi connectivity index (χ3v) is 5.52. The number of rotatable bonds is 7. The smallest absolute Gasteiger partial charge is 0.264 e. The maximum absolute atomic E-state index is 13.0. The first-order chi connectivity index (χ1) is 14.0. The summed E-state index contributed by atoms with van der Waals surface area (Å²) in [5.74, 6) is 1.54. The van der Waals surface area contributed by atoms with Gasteiger partial charge in [0, 0.05) is 36.2 Å². The summed E-state index contributed by atoms with van der Waals surface area (Å²) in [6, 6.07) is 6.94. The van der Waals surface area contributed by atoms with Crippen molar-refractivity contribution in [1.82, 2.24) is 14.9 Å². The van der Waals surface area contributed by atoms with Crippen LogP contribution in [0.4, 0.5) is 20.4 Å². The number of allylic oxidation sites excluding steroid dienone is 2. The van der Waals surface area contributed by atoms with Crippen molar-refractivity contribution in [2.45, 2.75) is 58.8 Å². The molecule has 156 valence electrons. The number of pyridine rings is 2. The van der Waals surface area contributed by atoms with Gasteiger partial charge in [-0.15, -0.1) is 0 Å². The fourth-order valence-electron chi connectivity index (χ4n) is 3.86. The number of aromatic nitrogens is 2. The lowest BCUT2D eigenvalue weighted by molar-refractivity contribution is 0.151. The molecule has 2 aromatic rings. The van der Waals surface area contributed by atoms with E-state index in [9.17, 15) is 8.78 Å². The molecule has 1 aliphatic heterocycles. The summed E-state index contributed by atoms with van der Waals surface area (Å²) in [6.45, 7) is 8.54. The predicted molar refractivity (Wildman–Crippen MR) is 114 cm³/mol. The molecule has 1 aliphatic rings. The topological polar surface area (TPSA) is 41.1 Å². The minimum Gasteiger partial charge on any atom is -0.375 e. The Morgan fingerprint density at radius 2 is 1.97 bits per heavy atom. The molecule has 6 heteroatoms. The van der Waals surface area contributed by atoms with Crippen molar-refractivity contribution in [3.8, 4) is 0 Å². The maximum atomic E-state index is 13.0. The molecular weight excluding hydrogens is 370 g/mol. The SMILES string of the molecule is CC/C=C(/C)N1CCC(c2cc(CC)nc(Nc3cc(C(F)F)ccn3)c2)CC1. The van der Waals surface area contributed by atoms with Crippen LogP contribution in [0.25, 0.3) is 0 Å². The van der Waals surface area contributed by atoms with E-state index in [-0.39, 0.29) is 5.56 Å². The van der Waals surface area contributed by atoms with Gasteiger partial charge in [0.2, 0.25) is 0 Å². The molecule has 1 N–H and O–H groups in total. The largest absolute Gasteiger partial charge is 0.375 e. The van der Waals surface area contributed by atoms with Crippen molar-refractivity contribution in [3.05, 3.63) is 59.1 Å². The first-order valence-corrected chi connectivity index (χ1v) is 10.4. The second-order valence-corrected chi connectivity index (χ2v) is 7.55. The van der Waals surface area contributed by atoms with Crippen molar-refractivity contribution < 1.29 is 8.78 Å². The van der Waals surface area contributed by atoms with Gasteiger partial charge in [0.05, 0.1) is 0 Å². The molecule has 4 nitrogen and oxygen atoms in total. The lowest BCUT2D eigenvalue weighted by Gasteiger charge is -2.34. The van der Waals surface area contributed by atoms with Gasteiger partial charge < -0.3 is 10.2 Å². The number of hydrogen-bond acceptors (Lipinski definition) is 4. The van der Waals surface area contributed by atoms with Gasteiger partial charge in [-0.1, -0.05) is 19.9 Å². The van der Waals surface area contributed by atoms with E-state index >= 15 is 0 Å². The molecular formula is C23H30F2N4. The van der Waals surface area contributed by atoms with E-state index < -0.39 is 6.43 Å². The molecule has 1 fully saturated rings. The monoisotopic (exact) mass is 400 g/mol. The molecule has 0 unspecified atom stereocenters. The van der Waals surface area contributed by atoms with Crippen LogP contribution in [0, 0.1) is 0 Å². The summed E-state index contributed by atoms with van der Waals surface area (Å²) in [5.41, 5.74) is 3.58. The normalized spacial score (nSPS) is 15.8. The van der Waals surface area contributed by atoms with Crippen molar-refractivity contribution in [1.29, 1.82) is 0 Å². The van der Waals surface area contributed by atoms with Gasteiger partial charge in [0.15, 0.2) is 0 Å². The van der Waals surface area contributed by atoms with Crippen LogP contribution in [-0.4, -0.2) is 28.0 Å². The number of aryl methyl sites for hydroxylation is 1. The highest BCUT2D eigenvalue weighted by atomic mass is 19.3. The van der Waals surface area contributed by atoms with Gasteiger partial charge in [0.25, 0.3) is 6.43 Å². The summed E-state index contributed by atoms with van der Waals surface area (Å²) in [7, 11) is 0. The summed E-state index contributed by atoms with van der Waals surface area (Å²) in [4.78, 5) is 11.2. The lowest BCUT2D eigenvalue weighted by Crippen LogP contribution is -2.31. The van der Waals surface area contributed by atoms with Crippen LogP contribution in [0.2, 0.25) is 0 Å². The van der Waals surface area contributed by atoms with Gasteiger partial charge >= 0.3 is 0 Å². The van der Waals surface area contributed by atoms with Gasteiger partial charge in [-0.3, -0.25) is 0 Å². The van der Waals surface area contributed by atoms with Gasteiger partial charge in [-0.05, 0) is 68.4 Å². The number of hydrogen-bond donors (Lipinski definition) is 1. The Balaban J connectivity index is 1.76. The minimum atomic E-state index is -2.51. The predicted octanol–water partition coefficient (Wildman–Crippen LogP) is 6.21. The highest BCUT2D eigenvalue weighted by Crippen LogP contribution is 2.32. The molecule has 1 saturated heterocycles. The van der Waals surface area contributed by atoms with Crippen LogP contribution >= 0.6 is 0 Å². The summed E-state index contributed by atoms with van der Waals surface area (Å²) < 4.78 is 25.9. The van der Waals surface area contributed by atoms with Crippen molar-refractivity contribution in [2.75, 3.05) is 18.4 Å². The molecule has 0 atom stereocenters. The average molecular weight is 401 g/mol. The number of anilines is 2. The molecule has 0 radical (unpaired) electrons. The van der Waals surface area contributed by atoms with Crippen LogP contribution in [0.3, 0.4) is 0 Å². The second-order valence-electron chi connectivity index (χ2n) is 7.55. The second kappa shape index (κ2) is 9.81. The first kappa shape index (κ1) is 21.2. The fraction of sp³-hybridized carbons (Fsp3) is 0.478. The number of nitrogens with one attached hydrogen (secondary N) is 1. The number of halogens is 2. The highest BCUT2D eigenvalue weighted by Gasteiger charge is 2.22. The van der Waals surface area contributed by atoms with Crippen LogP contribution in [0.1, 0.15) is 69.2 Å². The average Bonchev–Trinajstić information content (AvgIpc) is 2.74. The number of alkyl halides is 2. The third-order valence-electron chi connectivity index (χ3n) is 5.52. The fourth-order valence-corrected chi connectivity index (χ4v) is 3.86. The van der Waals surface area contributed by atoms with Gasteiger partial charge in [0.1, 0.15) is 11.6 Å². The lowest BCUT2D eigenvalue weighted by atomic mass is 9.89. The summed E-state index contributed by atoms with van der Waals surface area (Å²) in [6.07, 6.45) is 5.25. The van der Waals surface area contributed by atoms with Crippen LogP contribution in [-0.2, 0) is 6.42 Å². The Labute approximate surface area is 172 Å². The Bertz CT molecular complexity index is 843. The van der Waals surface area contributed by atoms with Crippen LogP contribution in [0.15, 0.2) is 42.2 Å². The number of piperidine rings is 1. The molecule has 0 saturated carbocycles. The maximum Gasteiger partial charge on any atom is 0.264 e. The molecule has 29 heavy (non-hydrogen) atoms. The molecule has 0 spiro atoms. The number of nitrogens with zero attached hydrogens (tertiary/aromatic N) is 3. The van der Waals surface area contributed by atoms with Crippen molar-refractivity contribution in [3.63, 3.8) is 0 Å². The molecule has 0 bridgehead atoms. The molecule has 2 aromatic heterocycles. The van der Waals surface area contributed by atoms with E-state index in [2.05, 4.69) is 53.1 Å². The van der Waals surface area contributed by atoms with E-state index in [1.807, 2.05) is 6.07 Å². The van der Waals surface area contributed by atoms with Gasteiger partial charge in [-0.2, -0.15) is 0 Å². The third kappa shape index (κ3) is 5.52. The molecule has 0 amide bonds. The highest BCUT2D eigenvalue weighted by molar-refractivity contribution is 5.54. The quantitative estimate of drug-likeness (QED) is 0.599. The molecule has 0 aliphatic carbocycles. The number of likely N-dealkylation sites (tertiary alicyclic amines) is 1. The van der Waals surface area contributed by atoms with Crippen molar-refractivity contribution in [2.24, 2.45) is 0 Å². The van der Waals surface area contributed by atoms with Crippen molar-refractivity contribution >= 4 is 11.6 Å². The first-order valence-electron chi connectivity index (χ1n) is 10.4. The van der Waals surface area contributed by atoms with E-state index in [0.29, 0.717) is 17.6 Å². The zero-order valence-corrected chi connectivity index (χ0v) is 17.5. The molecule has 3 rings (SSSR count). The Morgan fingerprint density at radius 3 is 2.62 bits per heavy atom. The Morgan fingerprint density at radius 1 is 1.21 bits per heavy atom. The summed E-state index contributed by atoms with van der Waals surface area (Å²) >= 11 is 0. The molecule has 3 heterocycles. The zero-order chi connectivity index (χ0) is 20.8. The minimum absolute atomic E-state index is 0.0442. The molecule has 0 aromatic carbocycles. The van der Waals surface area contributed by atoms with E-state index in [4.69, 9.17) is 0 Å². The Hall–Kier alpha value is -2.50. The van der Waals surface area contributed by atoms with E-state index in [1.54, 1.807) is 0 Å². The van der Waals surface area contributed by atoms with Gasteiger partial charge in [-0.25, -0.2) is 18.7 Å². The standard InChI is InChI=1S/C23H30F2N4/c1-4-6-16(3)29-11-8-17(9-12-29)19-13-20(5-2)27-22(15-19)28-21-14-18(23(24)25)7-10-26-21/h6-7,10,13-15,17,23H,4-5,8-9,11-12H2,1-3H3,(H,26,27,28)/b16-6-. The van der Waals surface area contributed by atoms with Crippen LogP contribution < -0.4 is 5.32 Å². The van der Waals surface area contributed by atoms with E-state index in [0.717, 1.165) is 44.5 Å². The Kier molecular flexibility index (Phi) is 7.18. The zero-order valence-electron chi connectivity index (χ0n) is 17.5. The van der Waals surface area contributed by atoms with Crippen LogP contribution in [0.5, 0.6) is 0 Å².